The van der Waals surface area contributed by atoms with Crippen molar-refractivity contribution in [2.24, 2.45) is 7.05 Å². The average molecular weight is 210 g/mol. The number of carbonyl (C=O) groups excluding carboxylic acids is 1. The fourth-order valence-electron chi connectivity index (χ4n) is 1.28. The second-order valence-corrected chi connectivity index (χ2v) is 3.33. The highest BCUT2D eigenvalue weighted by Gasteiger charge is 2.01. The highest BCUT2D eigenvalue weighted by Crippen LogP contribution is 1.95. The lowest BCUT2D eigenvalue weighted by Crippen LogP contribution is -2.35. The van der Waals surface area contributed by atoms with Crippen LogP contribution in [0.1, 0.15) is 12.6 Å². The van der Waals surface area contributed by atoms with E-state index in [0.717, 1.165) is 18.7 Å². The minimum atomic E-state index is 0.0408. The molecule has 84 valence electrons. The summed E-state index contributed by atoms with van der Waals surface area (Å²) in [6.07, 6.45) is 2.57. The first kappa shape index (κ1) is 11.7. The van der Waals surface area contributed by atoms with Gasteiger partial charge in [-0.3, -0.25) is 9.48 Å². The summed E-state index contributed by atoms with van der Waals surface area (Å²) in [7, 11) is 1.90. The Morgan fingerprint density at radius 3 is 3.00 bits per heavy atom. The Hall–Kier alpha value is -1.36. The van der Waals surface area contributed by atoms with Crippen molar-refractivity contribution in [3.05, 3.63) is 18.0 Å². The van der Waals surface area contributed by atoms with E-state index in [1.807, 2.05) is 24.7 Å². The molecule has 2 N–H and O–H groups in total. The van der Waals surface area contributed by atoms with Crippen molar-refractivity contribution in [3.63, 3.8) is 0 Å². The van der Waals surface area contributed by atoms with Crippen LogP contribution in [-0.2, 0) is 18.3 Å². The molecule has 1 aromatic rings. The topological polar surface area (TPSA) is 59.0 Å². The summed E-state index contributed by atoms with van der Waals surface area (Å²) in [4.78, 5) is 11.2. The van der Waals surface area contributed by atoms with Gasteiger partial charge in [0.15, 0.2) is 0 Å². The van der Waals surface area contributed by atoms with Gasteiger partial charge in [-0.25, -0.2) is 0 Å². The van der Waals surface area contributed by atoms with E-state index < -0.39 is 0 Å². The molecule has 0 atom stereocenters. The van der Waals surface area contributed by atoms with Crippen molar-refractivity contribution in [3.8, 4) is 0 Å². The van der Waals surface area contributed by atoms with E-state index in [1.54, 1.807) is 6.20 Å². The number of aromatic nitrogens is 2. The molecule has 1 rings (SSSR count). The quantitative estimate of drug-likeness (QED) is 0.677. The normalized spacial score (nSPS) is 10.3. The second-order valence-electron chi connectivity index (χ2n) is 3.33. The Bertz CT molecular complexity index is 308. The van der Waals surface area contributed by atoms with Gasteiger partial charge in [0.05, 0.1) is 6.54 Å². The van der Waals surface area contributed by atoms with Crippen LogP contribution in [0.15, 0.2) is 12.3 Å². The number of rotatable bonds is 6. The van der Waals surface area contributed by atoms with Crippen LogP contribution in [0.2, 0.25) is 0 Å². The van der Waals surface area contributed by atoms with Crippen LogP contribution < -0.4 is 10.6 Å². The number of carbonyl (C=O) groups is 1. The van der Waals surface area contributed by atoms with E-state index in [1.165, 1.54) is 0 Å². The zero-order chi connectivity index (χ0) is 11.1. The maximum absolute atomic E-state index is 11.2. The monoisotopic (exact) mass is 210 g/mol. The van der Waals surface area contributed by atoms with Crippen molar-refractivity contribution >= 4 is 5.91 Å². The molecule has 0 bridgehead atoms. The molecule has 0 radical (unpaired) electrons. The molecule has 0 aliphatic rings. The molecule has 5 heteroatoms. The minimum absolute atomic E-state index is 0.0408. The third-order valence-electron chi connectivity index (χ3n) is 2.16. The first-order valence-corrected chi connectivity index (χ1v) is 5.18. The number of amides is 1. The van der Waals surface area contributed by atoms with Gasteiger partial charge in [0, 0.05) is 31.9 Å². The van der Waals surface area contributed by atoms with Gasteiger partial charge in [0.1, 0.15) is 0 Å². The van der Waals surface area contributed by atoms with Gasteiger partial charge in [0.25, 0.3) is 0 Å². The molecular weight excluding hydrogens is 192 g/mol. The number of nitrogens with zero attached hydrogens (tertiary/aromatic N) is 2. The third kappa shape index (κ3) is 4.12. The number of hydrogen-bond donors (Lipinski definition) is 2. The SMILES string of the molecule is CCNCC(=O)NCCc1ccnn1C. The Morgan fingerprint density at radius 1 is 1.60 bits per heavy atom. The maximum atomic E-state index is 11.2. The van der Waals surface area contributed by atoms with Crippen LogP contribution in [0.4, 0.5) is 0 Å². The first-order valence-electron chi connectivity index (χ1n) is 5.18. The summed E-state index contributed by atoms with van der Waals surface area (Å²) in [6.45, 7) is 3.84. The molecule has 15 heavy (non-hydrogen) atoms. The van der Waals surface area contributed by atoms with Gasteiger partial charge in [-0.2, -0.15) is 5.10 Å². The molecule has 0 unspecified atom stereocenters. The van der Waals surface area contributed by atoms with E-state index >= 15 is 0 Å². The molecule has 0 fully saturated rings. The summed E-state index contributed by atoms with van der Waals surface area (Å²) in [5.41, 5.74) is 1.12. The van der Waals surface area contributed by atoms with Gasteiger partial charge in [-0.05, 0) is 12.6 Å². The fraction of sp³-hybridized carbons (Fsp3) is 0.600. The summed E-state index contributed by atoms with van der Waals surface area (Å²) in [5.74, 6) is 0.0408. The van der Waals surface area contributed by atoms with Crippen LogP contribution in [-0.4, -0.2) is 35.3 Å². The summed E-state index contributed by atoms with van der Waals surface area (Å²) < 4.78 is 1.82. The van der Waals surface area contributed by atoms with Gasteiger partial charge in [-0.15, -0.1) is 0 Å². The Balaban J connectivity index is 2.16. The molecule has 0 aliphatic carbocycles. The molecule has 1 amide bonds. The van der Waals surface area contributed by atoms with E-state index in [9.17, 15) is 4.79 Å². The van der Waals surface area contributed by atoms with Crippen LogP contribution in [0.3, 0.4) is 0 Å². The van der Waals surface area contributed by atoms with Crippen molar-refractivity contribution in [1.29, 1.82) is 0 Å². The van der Waals surface area contributed by atoms with E-state index in [2.05, 4.69) is 15.7 Å². The molecule has 0 spiro atoms. The Labute approximate surface area is 89.9 Å². The standard InChI is InChI=1S/C10H18N4O/c1-3-11-8-10(15)12-6-4-9-5-7-13-14(9)2/h5,7,11H,3-4,6,8H2,1-2H3,(H,12,15). The third-order valence-corrected chi connectivity index (χ3v) is 2.16. The summed E-state index contributed by atoms with van der Waals surface area (Å²) >= 11 is 0. The zero-order valence-corrected chi connectivity index (χ0v) is 9.29. The number of aryl methyl sites for hydroxylation is 1. The van der Waals surface area contributed by atoms with Gasteiger partial charge in [0.2, 0.25) is 5.91 Å². The Kier molecular flexibility index (Phi) is 4.83. The lowest BCUT2D eigenvalue weighted by Gasteiger charge is -2.05. The highest BCUT2D eigenvalue weighted by molar-refractivity contribution is 5.77. The minimum Gasteiger partial charge on any atom is -0.355 e. The molecular formula is C10H18N4O. The number of likely N-dealkylation sites (N-methyl/N-ethyl adjacent to an activating group) is 1. The van der Waals surface area contributed by atoms with Crippen LogP contribution >= 0.6 is 0 Å². The molecule has 5 nitrogen and oxygen atoms in total. The van der Waals surface area contributed by atoms with Crippen molar-refractivity contribution in [2.45, 2.75) is 13.3 Å². The van der Waals surface area contributed by atoms with Crippen LogP contribution in [0.25, 0.3) is 0 Å². The van der Waals surface area contributed by atoms with Crippen molar-refractivity contribution in [1.82, 2.24) is 20.4 Å². The van der Waals surface area contributed by atoms with E-state index in [4.69, 9.17) is 0 Å². The van der Waals surface area contributed by atoms with Crippen molar-refractivity contribution in [2.75, 3.05) is 19.6 Å². The molecule has 0 aliphatic heterocycles. The highest BCUT2D eigenvalue weighted by atomic mass is 16.1. The largest absolute Gasteiger partial charge is 0.355 e. The van der Waals surface area contributed by atoms with Crippen LogP contribution in [0.5, 0.6) is 0 Å². The fourth-order valence-corrected chi connectivity index (χ4v) is 1.28. The predicted molar refractivity (Wildman–Crippen MR) is 58.5 cm³/mol. The Morgan fingerprint density at radius 2 is 2.40 bits per heavy atom. The molecule has 1 aromatic heterocycles. The predicted octanol–water partition coefficient (Wildman–Crippen LogP) is -0.312. The van der Waals surface area contributed by atoms with E-state index in [0.29, 0.717) is 13.1 Å². The van der Waals surface area contributed by atoms with Gasteiger partial charge < -0.3 is 10.6 Å². The summed E-state index contributed by atoms with van der Waals surface area (Å²) in [6, 6.07) is 1.95. The van der Waals surface area contributed by atoms with Gasteiger partial charge in [-0.1, -0.05) is 6.92 Å². The molecule has 1 heterocycles. The van der Waals surface area contributed by atoms with Crippen molar-refractivity contribution < 1.29 is 4.79 Å². The molecule has 0 aromatic carbocycles. The van der Waals surface area contributed by atoms with Crippen LogP contribution in [0, 0.1) is 0 Å². The van der Waals surface area contributed by atoms with Gasteiger partial charge >= 0.3 is 0 Å². The van der Waals surface area contributed by atoms with E-state index in [-0.39, 0.29) is 5.91 Å². The zero-order valence-electron chi connectivity index (χ0n) is 9.29. The number of nitrogens with one attached hydrogen (secondary N) is 2. The summed E-state index contributed by atoms with van der Waals surface area (Å²) in [5, 5.41) is 9.87. The average Bonchev–Trinajstić information content (AvgIpc) is 2.61. The lowest BCUT2D eigenvalue weighted by atomic mass is 10.3. The second kappa shape index (κ2) is 6.19. The molecule has 0 saturated heterocycles. The lowest BCUT2D eigenvalue weighted by molar-refractivity contribution is -0.120. The number of hydrogen-bond acceptors (Lipinski definition) is 3. The first-order chi connectivity index (χ1) is 7.24. The molecule has 0 saturated carbocycles. The maximum Gasteiger partial charge on any atom is 0.233 e. The smallest absolute Gasteiger partial charge is 0.233 e.